The molecule has 4 rings (SSSR count). The lowest BCUT2D eigenvalue weighted by Crippen LogP contribution is -2.05. The van der Waals surface area contributed by atoms with Gasteiger partial charge in [0.25, 0.3) is 0 Å². The van der Waals surface area contributed by atoms with Crippen molar-refractivity contribution in [2.75, 3.05) is 7.11 Å². The lowest BCUT2D eigenvalue weighted by Gasteiger charge is -2.12. The summed E-state index contributed by atoms with van der Waals surface area (Å²) in [5, 5.41) is 1.05. The first-order valence-electron chi connectivity index (χ1n) is 8.19. The van der Waals surface area contributed by atoms with E-state index in [1.807, 2.05) is 18.2 Å². The standard InChI is InChI=1S/C19H14FN3O3S2/c1-26-17-5-3-2-4-14(17)19-13-7-6-12(8-15(13)16(20)9-21-19)28(24,25)10-18-22-11-23-27-18/h2-9,11H,10H2,1H3. The number of rotatable bonds is 5. The van der Waals surface area contributed by atoms with Crippen LogP contribution >= 0.6 is 11.5 Å². The van der Waals surface area contributed by atoms with Crippen molar-refractivity contribution in [2.45, 2.75) is 10.6 Å². The highest BCUT2D eigenvalue weighted by molar-refractivity contribution is 7.90. The van der Waals surface area contributed by atoms with Crippen LogP contribution in [0.25, 0.3) is 22.0 Å². The predicted molar refractivity (Wildman–Crippen MR) is 104 cm³/mol. The number of nitrogens with zero attached hydrogens (tertiary/aromatic N) is 3. The minimum Gasteiger partial charge on any atom is -0.496 e. The molecule has 2 aromatic heterocycles. The molecule has 0 spiro atoms. The molecule has 0 bridgehead atoms. The third-order valence-electron chi connectivity index (χ3n) is 4.25. The van der Waals surface area contributed by atoms with E-state index < -0.39 is 15.7 Å². The van der Waals surface area contributed by atoms with E-state index in [0.717, 1.165) is 17.7 Å². The fraction of sp³-hybridized carbons (Fsp3) is 0.105. The van der Waals surface area contributed by atoms with Gasteiger partial charge in [-0.3, -0.25) is 4.98 Å². The van der Waals surface area contributed by atoms with Gasteiger partial charge in [0.05, 0.1) is 23.9 Å². The van der Waals surface area contributed by atoms with Crippen LogP contribution in [0.15, 0.2) is 59.9 Å². The van der Waals surface area contributed by atoms with Gasteiger partial charge in [-0.25, -0.2) is 17.8 Å². The first kappa shape index (κ1) is 18.5. The molecule has 4 aromatic rings. The quantitative estimate of drug-likeness (QED) is 0.492. The highest BCUT2D eigenvalue weighted by Crippen LogP contribution is 2.35. The third kappa shape index (κ3) is 3.34. The minimum absolute atomic E-state index is 0.0197. The SMILES string of the molecule is COc1ccccc1-c1ncc(F)c2cc(S(=O)(=O)Cc3ncns3)ccc12. The Morgan fingerprint density at radius 1 is 1.11 bits per heavy atom. The van der Waals surface area contributed by atoms with Gasteiger partial charge in [-0.05, 0) is 35.8 Å². The monoisotopic (exact) mass is 415 g/mol. The largest absolute Gasteiger partial charge is 0.496 e. The number of benzene rings is 2. The molecule has 0 radical (unpaired) electrons. The number of halogens is 1. The molecule has 28 heavy (non-hydrogen) atoms. The van der Waals surface area contributed by atoms with E-state index in [0.29, 0.717) is 27.4 Å². The summed E-state index contributed by atoms with van der Waals surface area (Å²) in [4.78, 5) is 8.15. The van der Waals surface area contributed by atoms with Crippen molar-refractivity contribution in [3.05, 3.63) is 65.8 Å². The Labute approximate surface area is 164 Å². The third-order valence-corrected chi connectivity index (χ3v) is 6.72. The Morgan fingerprint density at radius 3 is 2.68 bits per heavy atom. The smallest absolute Gasteiger partial charge is 0.184 e. The van der Waals surface area contributed by atoms with Crippen molar-refractivity contribution >= 4 is 32.1 Å². The molecule has 2 aromatic carbocycles. The van der Waals surface area contributed by atoms with Crippen LogP contribution in [0, 0.1) is 5.82 Å². The van der Waals surface area contributed by atoms with Crippen LogP contribution in [-0.2, 0) is 15.6 Å². The van der Waals surface area contributed by atoms with Gasteiger partial charge in [0.1, 0.15) is 28.7 Å². The molecule has 0 aliphatic carbocycles. The number of aromatic nitrogens is 3. The van der Waals surface area contributed by atoms with Gasteiger partial charge in [-0.2, -0.15) is 4.37 Å². The van der Waals surface area contributed by atoms with Crippen molar-refractivity contribution < 1.29 is 17.5 Å². The molecular formula is C19H14FN3O3S2. The fourth-order valence-electron chi connectivity index (χ4n) is 2.94. The van der Waals surface area contributed by atoms with Gasteiger partial charge < -0.3 is 4.74 Å². The van der Waals surface area contributed by atoms with Gasteiger partial charge in [0.15, 0.2) is 9.84 Å². The molecule has 0 amide bonds. The number of hydrogen-bond donors (Lipinski definition) is 0. The van der Waals surface area contributed by atoms with E-state index in [4.69, 9.17) is 4.74 Å². The van der Waals surface area contributed by atoms with Gasteiger partial charge >= 0.3 is 0 Å². The first-order valence-corrected chi connectivity index (χ1v) is 10.6. The van der Waals surface area contributed by atoms with E-state index in [-0.39, 0.29) is 16.0 Å². The number of sulfone groups is 1. The van der Waals surface area contributed by atoms with Crippen molar-refractivity contribution in [1.29, 1.82) is 0 Å². The topological polar surface area (TPSA) is 82.0 Å². The summed E-state index contributed by atoms with van der Waals surface area (Å²) in [6.07, 6.45) is 2.39. The molecule has 142 valence electrons. The van der Waals surface area contributed by atoms with Crippen molar-refractivity contribution in [3.8, 4) is 17.0 Å². The number of methoxy groups -OCH3 is 1. The van der Waals surface area contributed by atoms with Gasteiger partial charge in [0.2, 0.25) is 0 Å². The summed E-state index contributed by atoms with van der Waals surface area (Å²) in [6, 6.07) is 11.6. The molecule has 0 saturated carbocycles. The van der Waals surface area contributed by atoms with Crippen LogP contribution < -0.4 is 4.74 Å². The molecule has 6 nitrogen and oxygen atoms in total. The Bertz CT molecular complexity index is 1260. The van der Waals surface area contributed by atoms with E-state index >= 15 is 0 Å². The van der Waals surface area contributed by atoms with E-state index in [9.17, 15) is 12.8 Å². The van der Waals surface area contributed by atoms with E-state index in [2.05, 4.69) is 14.3 Å². The maximum absolute atomic E-state index is 14.5. The van der Waals surface area contributed by atoms with Crippen LogP contribution in [0.2, 0.25) is 0 Å². The second-order valence-electron chi connectivity index (χ2n) is 5.96. The normalized spacial score (nSPS) is 11.6. The first-order chi connectivity index (χ1) is 13.5. The Hall–Kier alpha value is -2.91. The Kier molecular flexibility index (Phi) is 4.78. The van der Waals surface area contributed by atoms with Crippen molar-refractivity contribution in [1.82, 2.24) is 14.3 Å². The highest BCUT2D eigenvalue weighted by Gasteiger charge is 2.20. The second kappa shape index (κ2) is 7.25. The van der Waals surface area contributed by atoms with Crippen LogP contribution in [0.1, 0.15) is 5.01 Å². The highest BCUT2D eigenvalue weighted by atomic mass is 32.2. The summed E-state index contributed by atoms with van der Waals surface area (Å²) < 4.78 is 49.1. The molecule has 0 aliphatic heterocycles. The number of ether oxygens (including phenoxy) is 1. The minimum atomic E-state index is -3.69. The molecular weight excluding hydrogens is 401 g/mol. The lowest BCUT2D eigenvalue weighted by molar-refractivity contribution is 0.416. The van der Waals surface area contributed by atoms with Crippen molar-refractivity contribution in [2.24, 2.45) is 0 Å². The second-order valence-corrected chi connectivity index (χ2v) is 8.81. The van der Waals surface area contributed by atoms with E-state index in [1.54, 1.807) is 19.2 Å². The maximum atomic E-state index is 14.5. The Morgan fingerprint density at radius 2 is 1.93 bits per heavy atom. The predicted octanol–water partition coefficient (Wildman–Crippen LogP) is 3.87. The molecule has 2 heterocycles. The average Bonchev–Trinajstić information content (AvgIpc) is 3.20. The van der Waals surface area contributed by atoms with Gasteiger partial charge in [-0.15, -0.1) is 0 Å². The molecule has 0 fully saturated rings. The number of hydrogen-bond acceptors (Lipinski definition) is 7. The van der Waals surface area contributed by atoms with Crippen LogP contribution in [-0.4, -0.2) is 29.9 Å². The van der Waals surface area contributed by atoms with Gasteiger partial charge in [0, 0.05) is 16.3 Å². The zero-order chi connectivity index (χ0) is 19.7. The molecule has 9 heteroatoms. The molecule has 0 atom stereocenters. The summed E-state index contributed by atoms with van der Waals surface area (Å²) in [6.45, 7) is 0. The lowest BCUT2D eigenvalue weighted by atomic mass is 10.0. The Balaban J connectivity index is 1.86. The molecule has 0 N–H and O–H groups in total. The number of para-hydroxylation sites is 1. The average molecular weight is 415 g/mol. The zero-order valence-corrected chi connectivity index (χ0v) is 16.3. The number of pyridine rings is 1. The maximum Gasteiger partial charge on any atom is 0.184 e. The van der Waals surface area contributed by atoms with Crippen LogP contribution in [0.3, 0.4) is 0 Å². The molecule has 0 unspecified atom stereocenters. The summed E-state index contributed by atoms with van der Waals surface area (Å²) in [5.74, 6) is -0.285. The van der Waals surface area contributed by atoms with Gasteiger partial charge in [-0.1, -0.05) is 18.2 Å². The summed E-state index contributed by atoms with van der Waals surface area (Å²) >= 11 is 1.02. The fourth-order valence-corrected chi connectivity index (χ4v) is 5.07. The summed E-state index contributed by atoms with van der Waals surface area (Å²) in [7, 11) is -2.14. The van der Waals surface area contributed by atoms with Crippen LogP contribution in [0.4, 0.5) is 4.39 Å². The zero-order valence-electron chi connectivity index (χ0n) is 14.7. The molecule has 0 saturated heterocycles. The van der Waals surface area contributed by atoms with Crippen LogP contribution in [0.5, 0.6) is 5.75 Å². The van der Waals surface area contributed by atoms with E-state index in [1.165, 1.54) is 18.5 Å². The molecule has 0 aliphatic rings. The number of fused-ring (bicyclic) bond motifs is 1. The summed E-state index contributed by atoms with van der Waals surface area (Å²) in [5.41, 5.74) is 1.21. The van der Waals surface area contributed by atoms with Crippen molar-refractivity contribution in [3.63, 3.8) is 0 Å².